The number of rotatable bonds is 0. The minimum atomic E-state index is -0.521. The molecule has 64 valence electrons. The van der Waals surface area contributed by atoms with Gasteiger partial charge in [0.2, 0.25) is 0 Å². The molecule has 2 aliphatic rings. The third kappa shape index (κ3) is 1.72. The van der Waals surface area contributed by atoms with Crippen LogP contribution in [0, 0.1) is 0 Å². The molecular weight excluding hydrogens is 160 g/mol. The quantitative estimate of drug-likeness (QED) is 0.531. The molecule has 0 bridgehead atoms. The Morgan fingerprint density at radius 1 is 0.615 bits per heavy atom. The molecule has 13 heavy (non-hydrogen) atoms. The lowest BCUT2D eigenvalue weighted by Gasteiger charge is -2.14. The molecule has 0 atom stereocenters. The average molecular weight is 170 g/mol. The zero-order chi connectivity index (χ0) is 8.99. The van der Waals surface area contributed by atoms with Crippen molar-refractivity contribution in [2.24, 2.45) is 9.98 Å². The zero-order valence-corrected chi connectivity index (χ0v) is 7.17. The minimum Gasteiger partial charge on any atom is -0.255 e. The molecule has 0 amide bonds. The molecule has 0 aromatic carbocycles. The molecule has 0 saturated carbocycles. The summed E-state index contributed by atoms with van der Waals surface area (Å²) in [5, 5.41) is 0. The average Bonchev–Trinajstić information content (AvgIpc) is 2.50. The maximum Gasteiger partial charge on any atom is 0.188 e. The van der Waals surface area contributed by atoms with Gasteiger partial charge in [0.25, 0.3) is 0 Å². The second-order valence-corrected chi connectivity index (χ2v) is 2.83. The van der Waals surface area contributed by atoms with Crippen LogP contribution in [0.3, 0.4) is 0 Å². The topological polar surface area (TPSA) is 24.7 Å². The maximum atomic E-state index is 4.35. The fourth-order valence-electron chi connectivity index (χ4n) is 1.21. The van der Waals surface area contributed by atoms with Crippen molar-refractivity contribution in [2.45, 2.75) is 5.66 Å². The number of nitrogens with zero attached hydrogens (tertiary/aromatic N) is 2. The lowest BCUT2D eigenvalue weighted by Crippen LogP contribution is -2.16. The third-order valence-corrected chi connectivity index (χ3v) is 1.86. The molecule has 2 aliphatic heterocycles. The van der Waals surface area contributed by atoms with Gasteiger partial charge in [0.1, 0.15) is 0 Å². The molecule has 0 N–H and O–H groups in total. The molecule has 0 aromatic heterocycles. The highest BCUT2D eigenvalue weighted by Gasteiger charge is 2.19. The lowest BCUT2D eigenvalue weighted by atomic mass is 10.1. The molecule has 2 heterocycles. The van der Waals surface area contributed by atoms with E-state index < -0.39 is 5.66 Å². The summed E-state index contributed by atoms with van der Waals surface area (Å²) in [7, 11) is 0. The maximum absolute atomic E-state index is 4.35. The van der Waals surface area contributed by atoms with E-state index in [0.717, 1.165) is 0 Å². The summed E-state index contributed by atoms with van der Waals surface area (Å²) in [6, 6.07) is 0. The molecule has 0 unspecified atom stereocenters. The molecule has 2 heteroatoms. The van der Waals surface area contributed by atoms with E-state index in [9.17, 15) is 0 Å². The van der Waals surface area contributed by atoms with E-state index in [1.807, 2.05) is 48.6 Å². The SMILES string of the molecule is C1=CC=NC2(C=C1)C=CC=CC=N2. The van der Waals surface area contributed by atoms with Gasteiger partial charge >= 0.3 is 0 Å². The smallest absolute Gasteiger partial charge is 0.188 e. The van der Waals surface area contributed by atoms with Crippen molar-refractivity contribution in [3.05, 3.63) is 48.6 Å². The Bertz CT molecular complexity index is 283. The van der Waals surface area contributed by atoms with Crippen LogP contribution in [-0.2, 0) is 0 Å². The van der Waals surface area contributed by atoms with E-state index in [-0.39, 0.29) is 0 Å². The van der Waals surface area contributed by atoms with Crippen LogP contribution < -0.4 is 0 Å². The Kier molecular flexibility index (Phi) is 2.04. The number of allylic oxidation sites excluding steroid dienone is 6. The van der Waals surface area contributed by atoms with Crippen molar-refractivity contribution < 1.29 is 0 Å². The summed E-state index contributed by atoms with van der Waals surface area (Å²) in [4.78, 5) is 8.70. The first-order valence-electron chi connectivity index (χ1n) is 4.21. The summed E-state index contributed by atoms with van der Waals surface area (Å²) < 4.78 is 0. The van der Waals surface area contributed by atoms with Crippen molar-refractivity contribution in [1.82, 2.24) is 0 Å². The predicted molar refractivity (Wildman–Crippen MR) is 56.3 cm³/mol. The summed E-state index contributed by atoms with van der Waals surface area (Å²) >= 11 is 0. The van der Waals surface area contributed by atoms with Crippen molar-refractivity contribution in [3.63, 3.8) is 0 Å². The number of aliphatic imine (C=N–C) groups is 2. The van der Waals surface area contributed by atoms with Crippen molar-refractivity contribution in [2.75, 3.05) is 0 Å². The normalized spacial score (nSPS) is 22.2. The van der Waals surface area contributed by atoms with Gasteiger partial charge in [-0.2, -0.15) is 0 Å². The first kappa shape index (κ1) is 7.92. The largest absolute Gasteiger partial charge is 0.255 e. The molecule has 0 aliphatic carbocycles. The summed E-state index contributed by atoms with van der Waals surface area (Å²) in [6.07, 6.45) is 19.1. The second-order valence-electron chi connectivity index (χ2n) is 2.83. The number of hydrogen-bond donors (Lipinski definition) is 0. The van der Waals surface area contributed by atoms with Crippen LogP contribution in [0.15, 0.2) is 58.6 Å². The molecular formula is C11H10N2. The molecule has 0 saturated heterocycles. The van der Waals surface area contributed by atoms with Crippen molar-refractivity contribution in [3.8, 4) is 0 Å². The van der Waals surface area contributed by atoms with Gasteiger partial charge in [-0.25, -0.2) is 0 Å². The zero-order valence-electron chi connectivity index (χ0n) is 7.17. The Morgan fingerprint density at radius 3 is 1.69 bits per heavy atom. The van der Waals surface area contributed by atoms with Crippen molar-refractivity contribution in [1.29, 1.82) is 0 Å². The van der Waals surface area contributed by atoms with Gasteiger partial charge in [0.05, 0.1) is 0 Å². The number of hydrogen-bond acceptors (Lipinski definition) is 2. The van der Waals surface area contributed by atoms with E-state index in [0.29, 0.717) is 0 Å². The summed E-state index contributed by atoms with van der Waals surface area (Å²) in [5.74, 6) is 0. The van der Waals surface area contributed by atoms with Gasteiger partial charge in [0.15, 0.2) is 5.66 Å². The van der Waals surface area contributed by atoms with Gasteiger partial charge in [-0.15, -0.1) is 0 Å². The summed E-state index contributed by atoms with van der Waals surface area (Å²) in [6.45, 7) is 0. The van der Waals surface area contributed by atoms with Gasteiger partial charge in [-0.05, 0) is 24.3 Å². The Labute approximate surface area is 77.4 Å². The van der Waals surface area contributed by atoms with Gasteiger partial charge in [0, 0.05) is 12.4 Å². The second kappa shape index (κ2) is 3.35. The van der Waals surface area contributed by atoms with E-state index in [1.165, 1.54) is 0 Å². The fraction of sp³-hybridized carbons (Fsp3) is 0.0909. The van der Waals surface area contributed by atoms with Gasteiger partial charge in [-0.1, -0.05) is 24.3 Å². The Hall–Kier alpha value is -1.70. The Balaban J connectivity index is 2.39. The van der Waals surface area contributed by atoms with Gasteiger partial charge < -0.3 is 0 Å². The van der Waals surface area contributed by atoms with E-state index in [2.05, 4.69) is 9.98 Å². The van der Waals surface area contributed by atoms with Crippen LogP contribution in [0.2, 0.25) is 0 Å². The molecule has 2 nitrogen and oxygen atoms in total. The Morgan fingerprint density at radius 2 is 1.15 bits per heavy atom. The molecule has 2 rings (SSSR count). The molecule has 0 radical (unpaired) electrons. The summed E-state index contributed by atoms with van der Waals surface area (Å²) in [5.41, 5.74) is -0.521. The molecule has 1 spiro atoms. The van der Waals surface area contributed by atoms with E-state index in [4.69, 9.17) is 0 Å². The highest BCUT2D eigenvalue weighted by Crippen LogP contribution is 2.19. The monoisotopic (exact) mass is 170 g/mol. The van der Waals surface area contributed by atoms with E-state index in [1.54, 1.807) is 12.4 Å². The molecule has 0 aromatic rings. The fourth-order valence-corrected chi connectivity index (χ4v) is 1.21. The van der Waals surface area contributed by atoms with Crippen LogP contribution in [0.25, 0.3) is 0 Å². The van der Waals surface area contributed by atoms with Crippen LogP contribution in [0.1, 0.15) is 0 Å². The highest BCUT2D eigenvalue weighted by molar-refractivity contribution is 5.76. The lowest BCUT2D eigenvalue weighted by molar-refractivity contribution is 0.710. The van der Waals surface area contributed by atoms with E-state index >= 15 is 0 Å². The first-order chi connectivity index (χ1) is 6.41. The standard InChI is InChI=1S/C11H10N2/c1-3-7-11(12-9-5-1)8-4-2-6-10-13-11/h1-10H. The highest BCUT2D eigenvalue weighted by atomic mass is 15.1. The van der Waals surface area contributed by atoms with Crippen LogP contribution in [-0.4, -0.2) is 18.1 Å². The minimum absolute atomic E-state index is 0.521. The van der Waals surface area contributed by atoms with Gasteiger partial charge in [-0.3, -0.25) is 9.98 Å². The first-order valence-corrected chi connectivity index (χ1v) is 4.21. The predicted octanol–water partition coefficient (Wildman–Crippen LogP) is 2.08. The van der Waals surface area contributed by atoms with Crippen molar-refractivity contribution >= 4 is 12.4 Å². The van der Waals surface area contributed by atoms with Crippen LogP contribution in [0.4, 0.5) is 0 Å². The third-order valence-electron chi connectivity index (χ3n) is 1.86. The van der Waals surface area contributed by atoms with Crippen LogP contribution >= 0.6 is 0 Å². The molecule has 0 fully saturated rings. The van der Waals surface area contributed by atoms with Crippen LogP contribution in [0.5, 0.6) is 0 Å².